The lowest BCUT2D eigenvalue weighted by molar-refractivity contribution is -0.113. The minimum atomic E-state index is -0.187. The van der Waals surface area contributed by atoms with E-state index < -0.39 is 0 Å². The second kappa shape index (κ2) is 10.3. The van der Waals surface area contributed by atoms with Crippen LogP contribution in [0.25, 0.3) is 6.08 Å². The highest BCUT2D eigenvalue weighted by molar-refractivity contribution is 9.11. The van der Waals surface area contributed by atoms with Crippen LogP contribution in [0.2, 0.25) is 10.0 Å². The molecule has 32 heavy (non-hydrogen) atoms. The van der Waals surface area contributed by atoms with E-state index in [0.717, 1.165) is 20.1 Å². The van der Waals surface area contributed by atoms with Gasteiger partial charge < -0.3 is 4.74 Å². The first kappa shape index (κ1) is 23.8. The number of benzene rings is 3. The fraction of sp³-hybridized carbons (Fsp3) is 0.0435. The van der Waals surface area contributed by atoms with E-state index in [4.69, 9.17) is 40.2 Å². The van der Waals surface area contributed by atoms with Gasteiger partial charge >= 0.3 is 0 Å². The summed E-state index contributed by atoms with van der Waals surface area (Å²) in [6, 6.07) is 18.4. The van der Waals surface area contributed by atoms with Crippen LogP contribution in [-0.2, 0) is 11.4 Å². The Morgan fingerprint density at radius 3 is 2.44 bits per heavy atom. The highest BCUT2D eigenvalue weighted by Crippen LogP contribution is 2.39. The Labute approximate surface area is 222 Å². The van der Waals surface area contributed by atoms with Crippen molar-refractivity contribution in [2.24, 2.45) is 0 Å². The van der Waals surface area contributed by atoms with Crippen LogP contribution < -0.4 is 9.64 Å². The quantitative estimate of drug-likeness (QED) is 0.209. The SMILES string of the molecule is O=C1/C(=C/c2cc(Br)c(OCc3ccccc3Cl)c(Br)c2)SC(=S)N1c1cccc(Cl)c1. The van der Waals surface area contributed by atoms with E-state index in [1.807, 2.05) is 36.4 Å². The number of rotatable bonds is 5. The number of carbonyl (C=O) groups excluding carboxylic acids is 1. The molecule has 0 aliphatic carbocycles. The molecule has 0 unspecified atom stereocenters. The van der Waals surface area contributed by atoms with Gasteiger partial charge in [-0.1, -0.05) is 71.4 Å². The fourth-order valence-electron chi connectivity index (χ4n) is 3.02. The zero-order chi connectivity index (χ0) is 22.8. The van der Waals surface area contributed by atoms with Gasteiger partial charge in [0.2, 0.25) is 0 Å². The molecular formula is C23H13Br2Cl2NO2S2. The summed E-state index contributed by atoms with van der Waals surface area (Å²) in [6.45, 7) is 0.328. The molecule has 0 bridgehead atoms. The molecule has 1 saturated heterocycles. The average Bonchev–Trinajstić information content (AvgIpc) is 3.01. The molecule has 0 atom stereocenters. The van der Waals surface area contributed by atoms with Crippen molar-refractivity contribution in [3.8, 4) is 5.75 Å². The summed E-state index contributed by atoms with van der Waals surface area (Å²) < 4.78 is 7.92. The van der Waals surface area contributed by atoms with E-state index in [0.29, 0.717) is 37.3 Å². The zero-order valence-electron chi connectivity index (χ0n) is 16.2. The second-order valence-electron chi connectivity index (χ2n) is 6.69. The molecule has 1 heterocycles. The van der Waals surface area contributed by atoms with Crippen LogP contribution in [0, 0.1) is 0 Å². The smallest absolute Gasteiger partial charge is 0.270 e. The summed E-state index contributed by atoms with van der Waals surface area (Å²) >= 11 is 26.1. The van der Waals surface area contributed by atoms with Gasteiger partial charge in [-0.2, -0.15) is 0 Å². The molecule has 1 aliphatic heterocycles. The minimum Gasteiger partial charge on any atom is -0.486 e. The number of halogens is 4. The number of amides is 1. The van der Waals surface area contributed by atoms with Gasteiger partial charge in [0.1, 0.15) is 12.4 Å². The molecule has 4 rings (SSSR count). The molecule has 9 heteroatoms. The lowest BCUT2D eigenvalue weighted by Crippen LogP contribution is -2.27. The third-order valence-electron chi connectivity index (χ3n) is 4.51. The largest absolute Gasteiger partial charge is 0.486 e. The Hall–Kier alpha value is -1.35. The maximum Gasteiger partial charge on any atom is 0.270 e. The van der Waals surface area contributed by atoms with E-state index in [1.54, 1.807) is 30.3 Å². The number of hydrogen-bond donors (Lipinski definition) is 0. The Kier molecular flexibility index (Phi) is 7.65. The molecule has 3 nitrogen and oxygen atoms in total. The van der Waals surface area contributed by atoms with Crippen LogP contribution in [0.4, 0.5) is 5.69 Å². The maximum atomic E-state index is 13.0. The van der Waals surface area contributed by atoms with Crippen molar-refractivity contribution in [1.82, 2.24) is 0 Å². The number of anilines is 1. The normalized spacial score (nSPS) is 15.0. The molecule has 0 spiro atoms. The van der Waals surface area contributed by atoms with E-state index in [-0.39, 0.29) is 5.91 Å². The topological polar surface area (TPSA) is 29.5 Å². The Bertz CT molecular complexity index is 1240. The summed E-state index contributed by atoms with van der Waals surface area (Å²) in [4.78, 5) is 15.0. The second-order valence-corrected chi connectivity index (χ2v) is 10.9. The lowest BCUT2D eigenvalue weighted by Gasteiger charge is -2.14. The number of carbonyl (C=O) groups is 1. The third-order valence-corrected chi connectivity index (χ3v) is 7.59. The van der Waals surface area contributed by atoms with Crippen LogP contribution >= 0.6 is 79.0 Å². The number of nitrogens with zero attached hydrogens (tertiary/aromatic N) is 1. The molecule has 3 aromatic rings. The maximum absolute atomic E-state index is 13.0. The molecule has 0 radical (unpaired) electrons. The van der Waals surface area contributed by atoms with E-state index in [9.17, 15) is 4.79 Å². The fourth-order valence-corrected chi connectivity index (χ4v) is 6.15. The van der Waals surface area contributed by atoms with Crippen molar-refractivity contribution in [2.45, 2.75) is 6.61 Å². The molecule has 162 valence electrons. The van der Waals surface area contributed by atoms with Crippen LogP contribution in [0.15, 0.2) is 74.5 Å². The Balaban J connectivity index is 1.56. The van der Waals surface area contributed by atoms with E-state index in [2.05, 4.69) is 31.9 Å². The first-order chi connectivity index (χ1) is 15.3. The first-order valence-corrected chi connectivity index (χ1v) is 12.8. The predicted molar refractivity (Wildman–Crippen MR) is 145 cm³/mol. The van der Waals surface area contributed by atoms with E-state index >= 15 is 0 Å². The van der Waals surface area contributed by atoms with Gasteiger partial charge in [-0.25, -0.2) is 0 Å². The summed E-state index contributed by atoms with van der Waals surface area (Å²) in [6.07, 6.45) is 1.80. The summed E-state index contributed by atoms with van der Waals surface area (Å²) in [5, 5.41) is 1.19. The molecule has 1 amide bonds. The monoisotopic (exact) mass is 627 g/mol. The van der Waals surface area contributed by atoms with Crippen molar-refractivity contribution in [3.63, 3.8) is 0 Å². The van der Waals surface area contributed by atoms with Gasteiger partial charge in [0.15, 0.2) is 4.32 Å². The molecule has 0 N–H and O–H groups in total. The zero-order valence-corrected chi connectivity index (χ0v) is 22.5. The van der Waals surface area contributed by atoms with Gasteiger partial charge in [-0.05, 0) is 79.9 Å². The summed E-state index contributed by atoms with van der Waals surface area (Å²) in [5.41, 5.74) is 2.36. The van der Waals surface area contributed by atoms with Crippen molar-refractivity contribution in [1.29, 1.82) is 0 Å². The van der Waals surface area contributed by atoms with Crippen molar-refractivity contribution in [2.75, 3.05) is 4.90 Å². The molecule has 1 fully saturated rings. The third kappa shape index (κ3) is 5.24. The van der Waals surface area contributed by atoms with Gasteiger partial charge in [-0.15, -0.1) is 0 Å². The van der Waals surface area contributed by atoms with Gasteiger partial charge in [0, 0.05) is 15.6 Å². The van der Waals surface area contributed by atoms with Crippen molar-refractivity contribution < 1.29 is 9.53 Å². The number of thiocarbonyl (C=S) groups is 1. The number of hydrogen-bond acceptors (Lipinski definition) is 4. The molecule has 1 aliphatic rings. The van der Waals surface area contributed by atoms with Gasteiger partial charge in [0.05, 0.1) is 19.5 Å². The Morgan fingerprint density at radius 1 is 1.03 bits per heavy atom. The van der Waals surface area contributed by atoms with Crippen LogP contribution in [0.5, 0.6) is 5.75 Å². The van der Waals surface area contributed by atoms with Crippen molar-refractivity contribution >= 4 is 101 Å². The van der Waals surface area contributed by atoms with Gasteiger partial charge in [-0.3, -0.25) is 9.69 Å². The molecule has 0 aromatic heterocycles. The summed E-state index contributed by atoms with van der Waals surface area (Å²) in [7, 11) is 0. The minimum absolute atomic E-state index is 0.187. The van der Waals surface area contributed by atoms with Crippen LogP contribution in [0.1, 0.15) is 11.1 Å². The molecule has 3 aromatic carbocycles. The highest BCUT2D eigenvalue weighted by Gasteiger charge is 2.33. The highest BCUT2D eigenvalue weighted by atomic mass is 79.9. The number of ether oxygens (including phenoxy) is 1. The standard InChI is InChI=1S/C23H13Br2Cl2NO2S2/c24-17-8-13(9-18(25)21(17)30-12-14-4-1-2-7-19(14)27)10-20-22(29)28(23(31)32-20)16-6-3-5-15(26)11-16/h1-11H,12H2/b20-10-. The molecule has 0 saturated carbocycles. The first-order valence-electron chi connectivity index (χ1n) is 9.22. The lowest BCUT2D eigenvalue weighted by atomic mass is 10.2. The average molecular weight is 630 g/mol. The van der Waals surface area contributed by atoms with E-state index in [1.165, 1.54) is 16.7 Å². The molecular weight excluding hydrogens is 617 g/mol. The Morgan fingerprint density at radius 2 is 1.75 bits per heavy atom. The van der Waals surface area contributed by atoms with Gasteiger partial charge in [0.25, 0.3) is 5.91 Å². The van der Waals surface area contributed by atoms with Crippen molar-refractivity contribution in [3.05, 3.63) is 95.7 Å². The van der Waals surface area contributed by atoms with Crippen LogP contribution in [0.3, 0.4) is 0 Å². The number of thioether (sulfide) groups is 1. The predicted octanol–water partition coefficient (Wildman–Crippen LogP) is 8.50. The summed E-state index contributed by atoms with van der Waals surface area (Å²) in [5.74, 6) is 0.460. The van der Waals surface area contributed by atoms with Crippen LogP contribution in [-0.4, -0.2) is 10.2 Å².